The number of hydrogen-bond donors (Lipinski definition) is 2. The van der Waals surface area contributed by atoms with Crippen LogP contribution in [0.2, 0.25) is 0 Å². The van der Waals surface area contributed by atoms with Gasteiger partial charge in [-0.2, -0.15) is 0 Å². The van der Waals surface area contributed by atoms with Crippen LogP contribution < -0.4 is 0 Å². The Morgan fingerprint density at radius 3 is 2.45 bits per heavy atom. The van der Waals surface area contributed by atoms with E-state index in [2.05, 4.69) is 11.3 Å². The Balaban J connectivity index is 2.80. The van der Waals surface area contributed by atoms with Gasteiger partial charge in [-0.3, -0.25) is 0 Å². The average Bonchev–Trinajstić information content (AvgIpc) is 2.50. The molecule has 1 rings (SSSR count). The highest BCUT2D eigenvalue weighted by molar-refractivity contribution is 6.03. The molecule has 0 atom stereocenters. The number of carboxylic acids is 1. The fraction of sp³-hybridized carbons (Fsp3) is 0.267. The van der Waals surface area contributed by atoms with Gasteiger partial charge in [0.05, 0.1) is 11.1 Å². The third-order valence-electron chi connectivity index (χ3n) is 2.69. The van der Waals surface area contributed by atoms with E-state index in [0.29, 0.717) is 5.56 Å². The third kappa shape index (κ3) is 4.71. The summed E-state index contributed by atoms with van der Waals surface area (Å²) in [4.78, 5) is 34.0. The highest BCUT2D eigenvalue weighted by atomic mass is 16.6. The van der Waals surface area contributed by atoms with E-state index in [0.717, 1.165) is 6.08 Å². The van der Waals surface area contributed by atoms with Crippen LogP contribution in [0.4, 0.5) is 0 Å². The first-order valence-corrected chi connectivity index (χ1v) is 6.43. The number of rotatable bonds is 8. The summed E-state index contributed by atoms with van der Waals surface area (Å²) in [7, 11) is 0. The molecular formula is C15H16O7. The Labute approximate surface area is 126 Å². The van der Waals surface area contributed by atoms with Crippen molar-refractivity contribution in [1.29, 1.82) is 0 Å². The van der Waals surface area contributed by atoms with Crippen molar-refractivity contribution in [2.75, 3.05) is 19.8 Å². The van der Waals surface area contributed by atoms with E-state index in [-0.39, 0.29) is 37.4 Å². The maximum atomic E-state index is 11.9. The second kappa shape index (κ2) is 8.58. The van der Waals surface area contributed by atoms with Crippen molar-refractivity contribution in [2.45, 2.75) is 6.42 Å². The van der Waals surface area contributed by atoms with Crippen molar-refractivity contribution >= 4 is 17.9 Å². The number of hydrogen-bond acceptors (Lipinski definition) is 6. The van der Waals surface area contributed by atoms with Gasteiger partial charge in [-0.1, -0.05) is 18.7 Å². The maximum absolute atomic E-state index is 11.9. The fourth-order valence-electron chi connectivity index (χ4n) is 1.76. The Kier molecular flexibility index (Phi) is 6.78. The van der Waals surface area contributed by atoms with Crippen LogP contribution in [0.25, 0.3) is 0 Å². The molecule has 0 aliphatic carbocycles. The molecule has 0 saturated carbocycles. The molecule has 0 aliphatic rings. The lowest BCUT2D eigenvalue weighted by Crippen LogP contribution is -2.17. The minimum Gasteiger partial charge on any atom is -0.478 e. The molecule has 22 heavy (non-hydrogen) atoms. The van der Waals surface area contributed by atoms with Gasteiger partial charge in [0.15, 0.2) is 0 Å². The second-order valence-corrected chi connectivity index (χ2v) is 4.13. The summed E-state index contributed by atoms with van der Waals surface area (Å²) in [5.74, 6) is -2.77. The lowest BCUT2D eigenvalue weighted by Gasteiger charge is -2.10. The molecule has 0 aromatic heterocycles. The van der Waals surface area contributed by atoms with E-state index in [1.807, 2.05) is 0 Å². The standard InChI is InChI=1S/C15H16O7/c1-2-12(17)21-8-9-22-15(20)11-5-3-4-10(6-7-16)13(11)14(18)19/h2-5,16H,1,6-9H2,(H,18,19). The van der Waals surface area contributed by atoms with Gasteiger partial charge in [0.2, 0.25) is 0 Å². The van der Waals surface area contributed by atoms with Gasteiger partial charge in [0.25, 0.3) is 0 Å². The summed E-state index contributed by atoms with van der Waals surface area (Å²) in [6.45, 7) is 2.61. The molecule has 0 fully saturated rings. The number of carbonyl (C=O) groups excluding carboxylic acids is 2. The first-order valence-electron chi connectivity index (χ1n) is 6.43. The summed E-state index contributed by atoms with van der Waals surface area (Å²) < 4.78 is 9.50. The smallest absolute Gasteiger partial charge is 0.339 e. The quantitative estimate of drug-likeness (QED) is 0.415. The molecule has 0 aliphatic heterocycles. The molecule has 7 heteroatoms. The minimum absolute atomic E-state index is 0.111. The van der Waals surface area contributed by atoms with Crippen molar-refractivity contribution in [2.24, 2.45) is 0 Å². The number of benzene rings is 1. The monoisotopic (exact) mass is 308 g/mol. The van der Waals surface area contributed by atoms with Gasteiger partial charge in [-0.15, -0.1) is 0 Å². The summed E-state index contributed by atoms with van der Waals surface area (Å²) in [6, 6.07) is 4.34. The molecular weight excluding hydrogens is 292 g/mol. The third-order valence-corrected chi connectivity index (χ3v) is 2.69. The molecule has 0 spiro atoms. The van der Waals surface area contributed by atoms with Gasteiger partial charge in [0.1, 0.15) is 13.2 Å². The number of aliphatic hydroxyl groups is 1. The normalized spacial score (nSPS) is 9.86. The molecule has 0 bridgehead atoms. The minimum atomic E-state index is -1.28. The Morgan fingerprint density at radius 2 is 1.86 bits per heavy atom. The number of esters is 2. The fourth-order valence-corrected chi connectivity index (χ4v) is 1.76. The summed E-state index contributed by atoms with van der Waals surface area (Å²) in [6.07, 6.45) is 1.09. The Bertz CT molecular complexity index is 577. The Hall–Kier alpha value is -2.67. The number of carbonyl (C=O) groups is 3. The van der Waals surface area contributed by atoms with Gasteiger partial charge >= 0.3 is 17.9 Å². The van der Waals surface area contributed by atoms with Crippen molar-refractivity contribution in [3.8, 4) is 0 Å². The van der Waals surface area contributed by atoms with Crippen LogP contribution in [0.3, 0.4) is 0 Å². The van der Waals surface area contributed by atoms with E-state index in [4.69, 9.17) is 9.84 Å². The highest BCUT2D eigenvalue weighted by Gasteiger charge is 2.21. The summed E-state index contributed by atoms with van der Waals surface area (Å²) >= 11 is 0. The van der Waals surface area contributed by atoms with Crippen LogP contribution in [-0.2, 0) is 20.7 Å². The van der Waals surface area contributed by atoms with Crippen molar-refractivity contribution in [3.63, 3.8) is 0 Å². The zero-order valence-electron chi connectivity index (χ0n) is 11.8. The SMILES string of the molecule is C=CC(=O)OCCOC(=O)c1cccc(CCO)c1C(=O)O. The van der Waals surface area contributed by atoms with Crippen LogP contribution in [0.15, 0.2) is 30.9 Å². The van der Waals surface area contributed by atoms with Crippen LogP contribution in [-0.4, -0.2) is 47.9 Å². The van der Waals surface area contributed by atoms with E-state index in [1.165, 1.54) is 18.2 Å². The number of ether oxygens (including phenoxy) is 2. The van der Waals surface area contributed by atoms with Gasteiger partial charge in [-0.25, -0.2) is 14.4 Å². The largest absolute Gasteiger partial charge is 0.478 e. The second-order valence-electron chi connectivity index (χ2n) is 4.13. The number of carboxylic acid groups (broad SMARTS) is 1. The van der Waals surface area contributed by atoms with Crippen molar-refractivity contribution in [1.82, 2.24) is 0 Å². The number of aromatic carboxylic acids is 1. The number of aliphatic hydroxyl groups excluding tert-OH is 1. The molecule has 0 heterocycles. The van der Waals surface area contributed by atoms with Crippen LogP contribution >= 0.6 is 0 Å². The van der Waals surface area contributed by atoms with E-state index >= 15 is 0 Å². The first-order chi connectivity index (χ1) is 10.5. The van der Waals surface area contributed by atoms with E-state index < -0.39 is 17.9 Å². The molecule has 7 nitrogen and oxygen atoms in total. The lowest BCUT2D eigenvalue weighted by molar-refractivity contribution is -0.138. The molecule has 0 radical (unpaired) electrons. The molecule has 0 amide bonds. The van der Waals surface area contributed by atoms with Crippen molar-refractivity contribution < 1.29 is 34.1 Å². The molecule has 118 valence electrons. The van der Waals surface area contributed by atoms with Gasteiger partial charge in [0, 0.05) is 12.7 Å². The topological polar surface area (TPSA) is 110 Å². The van der Waals surface area contributed by atoms with E-state index in [9.17, 15) is 19.5 Å². The predicted molar refractivity (Wildman–Crippen MR) is 75.6 cm³/mol. The lowest BCUT2D eigenvalue weighted by atomic mass is 9.99. The zero-order valence-corrected chi connectivity index (χ0v) is 11.8. The summed E-state index contributed by atoms with van der Waals surface area (Å²) in [5, 5.41) is 18.2. The molecule has 1 aromatic rings. The van der Waals surface area contributed by atoms with Crippen LogP contribution in [0.1, 0.15) is 26.3 Å². The molecule has 1 aromatic carbocycles. The average molecular weight is 308 g/mol. The zero-order chi connectivity index (χ0) is 16.5. The van der Waals surface area contributed by atoms with Crippen LogP contribution in [0, 0.1) is 0 Å². The molecule has 0 saturated heterocycles. The first kappa shape index (κ1) is 17.4. The molecule has 0 unspecified atom stereocenters. The van der Waals surface area contributed by atoms with Gasteiger partial charge < -0.3 is 19.7 Å². The van der Waals surface area contributed by atoms with Crippen molar-refractivity contribution in [3.05, 3.63) is 47.5 Å². The summed E-state index contributed by atoms with van der Waals surface area (Å²) in [5.41, 5.74) is 0.0145. The highest BCUT2D eigenvalue weighted by Crippen LogP contribution is 2.17. The van der Waals surface area contributed by atoms with Gasteiger partial charge in [-0.05, 0) is 18.1 Å². The predicted octanol–water partition coefficient (Wildman–Crippen LogP) is 0.806. The van der Waals surface area contributed by atoms with E-state index in [1.54, 1.807) is 0 Å². The maximum Gasteiger partial charge on any atom is 0.339 e. The molecule has 2 N–H and O–H groups in total. The Morgan fingerprint density at radius 1 is 1.18 bits per heavy atom. The van der Waals surface area contributed by atoms with Crippen LogP contribution in [0.5, 0.6) is 0 Å².